The highest BCUT2D eigenvalue weighted by Gasteiger charge is 2.35. The van der Waals surface area contributed by atoms with E-state index in [0.29, 0.717) is 37.8 Å². The van der Waals surface area contributed by atoms with Crippen molar-refractivity contribution >= 4 is 17.5 Å². The summed E-state index contributed by atoms with van der Waals surface area (Å²) in [5, 5.41) is 9.38. The molecule has 0 atom stereocenters. The van der Waals surface area contributed by atoms with Crippen molar-refractivity contribution in [2.45, 2.75) is 6.18 Å². The number of nitrogens with zero attached hydrogens (tertiary/aromatic N) is 7. The molecule has 0 aliphatic carbocycles. The number of nitriles is 1. The van der Waals surface area contributed by atoms with Crippen LogP contribution in [-0.4, -0.2) is 74.3 Å². The molecule has 1 aromatic carbocycles. The van der Waals surface area contributed by atoms with Crippen LogP contribution in [0.1, 0.15) is 11.1 Å². The third-order valence-corrected chi connectivity index (χ3v) is 5.82. The molecule has 2 aliphatic rings. The van der Waals surface area contributed by atoms with Gasteiger partial charge in [-0.2, -0.15) is 23.4 Å². The van der Waals surface area contributed by atoms with Crippen LogP contribution in [0.25, 0.3) is 0 Å². The van der Waals surface area contributed by atoms with Crippen molar-refractivity contribution in [1.82, 2.24) is 14.9 Å². The smallest absolute Gasteiger partial charge is 0.367 e. The van der Waals surface area contributed by atoms with E-state index < -0.39 is 11.7 Å². The van der Waals surface area contributed by atoms with Crippen LogP contribution in [0.5, 0.6) is 0 Å². The molecule has 4 rings (SSSR count). The van der Waals surface area contributed by atoms with Crippen LogP contribution in [0.15, 0.2) is 30.5 Å². The van der Waals surface area contributed by atoms with Crippen LogP contribution >= 0.6 is 0 Å². The van der Waals surface area contributed by atoms with E-state index in [1.807, 2.05) is 15.9 Å². The van der Waals surface area contributed by atoms with Gasteiger partial charge in [0.2, 0.25) is 5.95 Å². The third-order valence-electron chi connectivity index (χ3n) is 5.82. The number of benzene rings is 1. The van der Waals surface area contributed by atoms with E-state index in [4.69, 9.17) is 4.98 Å². The monoisotopic (exact) mass is 431 g/mol. The number of hydrogen-bond acceptors (Lipinski definition) is 7. The van der Waals surface area contributed by atoms with Crippen molar-refractivity contribution in [1.29, 1.82) is 5.26 Å². The van der Waals surface area contributed by atoms with E-state index in [-0.39, 0.29) is 5.56 Å². The molecule has 2 fully saturated rings. The lowest BCUT2D eigenvalue weighted by atomic mass is 10.0. The number of rotatable bonds is 3. The zero-order chi connectivity index (χ0) is 22.0. The Morgan fingerprint density at radius 1 is 0.903 bits per heavy atom. The average Bonchev–Trinajstić information content (AvgIpc) is 2.78. The van der Waals surface area contributed by atoms with Gasteiger partial charge in [0.1, 0.15) is 11.9 Å². The van der Waals surface area contributed by atoms with Crippen molar-refractivity contribution in [3.8, 4) is 6.07 Å². The number of alkyl halides is 3. The summed E-state index contributed by atoms with van der Waals surface area (Å²) < 4.78 is 39.8. The number of piperazine rings is 2. The fraction of sp³-hybridized carbons (Fsp3) is 0.476. The van der Waals surface area contributed by atoms with Crippen molar-refractivity contribution in [3.63, 3.8) is 0 Å². The Labute approximate surface area is 179 Å². The molecule has 2 saturated heterocycles. The van der Waals surface area contributed by atoms with E-state index in [9.17, 15) is 18.4 Å². The summed E-state index contributed by atoms with van der Waals surface area (Å²) in [6.07, 6.45) is -2.80. The lowest BCUT2D eigenvalue weighted by Crippen LogP contribution is -2.48. The van der Waals surface area contributed by atoms with Gasteiger partial charge < -0.3 is 19.6 Å². The number of aromatic nitrogens is 2. The Morgan fingerprint density at radius 3 is 2.19 bits per heavy atom. The van der Waals surface area contributed by atoms with E-state index in [1.165, 1.54) is 6.07 Å². The molecule has 3 heterocycles. The molecular formula is C21H24F3N7. The van der Waals surface area contributed by atoms with Crippen LogP contribution < -0.4 is 14.7 Å². The van der Waals surface area contributed by atoms with Gasteiger partial charge in [-0.25, -0.2) is 4.98 Å². The van der Waals surface area contributed by atoms with Gasteiger partial charge in [0.05, 0.1) is 16.8 Å². The van der Waals surface area contributed by atoms with Gasteiger partial charge in [-0.15, -0.1) is 0 Å². The molecule has 0 amide bonds. The van der Waals surface area contributed by atoms with Crippen LogP contribution in [-0.2, 0) is 6.18 Å². The fourth-order valence-electron chi connectivity index (χ4n) is 4.01. The zero-order valence-electron chi connectivity index (χ0n) is 17.3. The maximum atomic E-state index is 13.3. The highest BCUT2D eigenvalue weighted by molar-refractivity contribution is 5.64. The maximum Gasteiger partial charge on any atom is 0.417 e. The summed E-state index contributed by atoms with van der Waals surface area (Å²) >= 11 is 0. The van der Waals surface area contributed by atoms with Crippen molar-refractivity contribution in [2.24, 2.45) is 0 Å². The Kier molecular flexibility index (Phi) is 5.87. The molecule has 0 saturated carbocycles. The SMILES string of the molecule is CN1CCN(c2ccnc(N3CCN(c4cccc(C(F)(F)F)c4C#N)CC3)n2)CC1. The van der Waals surface area contributed by atoms with Crippen molar-refractivity contribution < 1.29 is 13.2 Å². The van der Waals surface area contributed by atoms with Crippen LogP contribution in [0.3, 0.4) is 0 Å². The quantitative estimate of drug-likeness (QED) is 0.740. The Bertz CT molecular complexity index is 956. The third kappa shape index (κ3) is 4.51. The predicted octanol–water partition coefficient (Wildman–Crippen LogP) is 2.45. The second kappa shape index (κ2) is 8.59. The first-order chi connectivity index (χ1) is 14.9. The molecule has 0 radical (unpaired) electrons. The van der Waals surface area contributed by atoms with Gasteiger partial charge in [0.25, 0.3) is 0 Å². The first kappa shape index (κ1) is 21.2. The summed E-state index contributed by atoms with van der Waals surface area (Å²) in [4.78, 5) is 17.5. The van der Waals surface area contributed by atoms with Gasteiger partial charge in [-0.05, 0) is 25.2 Å². The largest absolute Gasteiger partial charge is 0.417 e. The standard InChI is InChI=1S/C21H24F3N7/c1-28-7-9-30(10-8-28)19-5-6-26-20(27-19)31-13-11-29(12-14-31)18-4-2-3-17(16(18)15-25)21(22,23)24/h2-6H,7-14H2,1H3. The summed E-state index contributed by atoms with van der Waals surface area (Å²) in [6, 6.07) is 7.55. The minimum absolute atomic E-state index is 0.322. The van der Waals surface area contributed by atoms with Gasteiger partial charge in [-0.1, -0.05) is 6.07 Å². The molecule has 2 aromatic rings. The van der Waals surface area contributed by atoms with Gasteiger partial charge in [-0.3, -0.25) is 0 Å². The normalized spacial score (nSPS) is 18.2. The summed E-state index contributed by atoms with van der Waals surface area (Å²) in [7, 11) is 2.10. The summed E-state index contributed by atoms with van der Waals surface area (Å²) in [6.45, 7) is 5.88. The predicted molar refractivity (Wildman–Crippen MR) is 112 cm³/mol. The molecule has 164 valence electrons. The van der Waals surface area contributed by atoms with Gasteiger partial charge >= 0.3 is 6.18 Å². The van der Waals surface area contributed by atoms with E-state index in [0.717, 1.165) is 38.1 Å². The zero-order valence-corrected chi connectivity index (χ0v) is 17.3. The minimum Gasteiger partial charge on any atom is -0.367 e. The Morgan fingerprint density at radius 2 is 1.55 bits per heavy atom. The molecule has 0 bridgehead atoms. The molecule has 31 heavy (non-hydrogen) atoms. The van der Waals surface area contributed by atoms with E-state index in [1.54, 1.807) is 18.3 Å². The first-order valence-corrected chi connectivity index (χ1v) is 10.2. The average molecular weight is 431 g/mol. The first-order valence-electron chi connectivity index (χ1n) is 10.2. The number of hydrogen-bond donors (Lipinski definition) is 0. The highest BCUT2D eigenvalue weighted by Crippen LogP contribution is 2.36. The Hall–Kier alpha value is -3.06. The molecule has 1 aromatic heterocycles. The van der Waals surface area contributed by atoms with E-state index >= 15 is 0 Å². The molecular weight excluding hydrogens is 407 g/mol. The Balaban J connectivity index is 1.47. The second-order valence-corrected chi connectivity index (χ2v) is 7.79. The number of likely N-dealkylation sites (N-methyl/N-ethyl adjacent to an activating group) is 1. The molecule has 0 spiro atoms. The van der Waals surface area contributed by atoms with Gasteiger partial charge in [0, 0.05) is 58.6 Å². The van der Waals surface area contributed by atoms with Gasteiger partial charge in [0.15, 0.2) is 0 Å². The molecule has 0 unspecified atom stereocenters. The topological polar surface area (TPSA) is 62.5 Å². The maximum absolute atomic E-state index is 13.3. The molecule has 7 nitrogen and oxygen atoms in total. The summed E-state index contributed by atoms with van der Waals surface area (Å²) in [5.41, 5.74) is -0.890. The van der Waals surface area contributed by atoms with Crippen LogP contribution in [0, 0.1) is 11.3 Å². The number of halogens is 3. The van der Waals surface area contributed by atoms with E-state index in [2.05, 4.69) is 21.8 Å². The minimum atomic E-state index is -4.56. The lowest BCUT2D eigenvalue weighted by Gasteiger charge is -2.37. The molecule has 10 heteroatoms. The highest BCUT2D eigenvalue weighted by atomic mass is 19.4. The van der Waals surface area contributed by atoms with Crippen molar-refractivity contribution in [2.75, 3.05) is 74.1 Å². The second-order valence-electron chi connectivity index (χ2n) is 7.79. The van der Waals surface area contributed by atoms with Crippen LogP contribution in [0.2, 0.25) is 0 Å². The van der Waals surface area contributed by atoms with Crippen molar-refractivity contribution in [3.05, 3.63) is 41.6 Å². The fourth-order valence-corrected chi connectivity index (χ4v) is 4.01. The molecule has 2 aliphatic heterocycles. The van der Waals surface area contributed by atoms with Crippen LogP contribution in [0.4, 0.5) is 30.6 Å². The molecule has 0 N–H and O–H groups in total. The summed E-state index contributed by atoms with van der Waals surface area (Å²) in [5.74, 6) is 1.52. The number of anilines is 3. The lowest BCUT2D eigenvalue weighted by molar-refractivity contribution is -0.137.